The van der Waals surface area contributed by atoms with Crippen molar-refractivity contribution in [3.8, 4) is 0 Å². The molecule has 0 unspecified atom stereocenters. The average Bonchev–Trinajstić information content (AvgIpc) is 3.21. The minimum atomic E-state index is -0.0365. The number of anilines is 1. The number of benzene rings is 2. The topological polar surface area (TPSA) is 48.1 Å². The van der Waals surface area contributed by atoms with E-state index in [4.69, 9.17) is 11.6 Å². The van der Waals surface area contributed by atoms with Crippen molar-refractivity contribution >= 4 is 34.1 Å². The number of aromatic amines is 1. The Balaban J connectivity index is 1.41. The molecule has 1 fully saturated rings. The Morgan fingerprint density at radius 1 is 1.03 bits per heavy atom. The summed E-state index contributed by atoms with van der Waals surface area (Å²) in [6.07, 6.45) is 8.95. The van der Waals surface area contributed by atoms with Crippen LogP contribution in [0.2, 0.25) is 5.02 Å². The first-order valence-electron chi connectivity index (χ1n) is 13.3. The Morgan fingerprint density at radius 3 is 2.49 bits per heavy atom. The standard InChI is InChI=1S/C30H40ClN3O/c1-4-16-30(2,3)17-14-25-26-21-23(31)10-13-27(26)33-28(25)29(35)32-18-15-22-8-11-24(12-9-22)34-19-6-5-7-20-34/h8-13,21,33H,4-7,14-20H2,1-3H3,(H,32,35). The molecular weight excluding hydrogens is 454 g/mol. The third-order valence-electron chi connectivity index (χ3n) is 7.43. The smallest absolute Gasteiger partial charge is 0.268 e. The molecule has 0 atom stereocenters. The maximum Gasteiger partial charge on any atom is 0.268 e. The highest BCUT2D eigenvalue weighted by Gasteiger charge is 2.22. The summed E-state index contributed by atoms with van der Waals surface area (Å²) in [4.78, 5) is 19.1. The zero-order chi connectivity index (χ0) is 24.8. The molecule has 0 aliphatic carbocycles. The fraction of sp³-hybridized carbons (Fsp3) is 0.500. The van der Waals surface area contributed by atoms with Gasteiger partial charge in [0.15, 0.2) is 0 Å². The third kappa shape index (κ3) is 6.61. The number of nitrogens with zero attached hydrogens (tertiary/aromatic N) is 1. The number of H-pyrrole nitrogens is 1. The molecule has 0 radical (unpaired) electrons. The molecule has 1 aliphatic heterocycles. The van der Waals surface area contributed by atoms with Gasteiger partial charge in [-0.15, -0.1) is 0 Å². The Hall–Kier alpha value is -2.46. The first-order chi connectivity index (χ1) is 16.9. The molecule has 5 heteroatoms. The van der Waals surface area contributed by atoms with Crippen LogP contribution in [0.25, 0.3) is 10.9 Å². The van der Waals surface area contributed by atoms with E-state index in [0.717, 1.165) is 48.8 Å². The molecule has 0 saturated carbocycles. The molecule has 1 aliphatic rings. The lowest BCUT2D eigenvalue weighted by Gasteiger charge is -2.28. The quantitative estimate of drug-likeness (QED) is 0.306. The van der Waals surface area contributed by atoms with Crippen molar-refractivity contribution in [2.45, 2.75) is 72.1 Å². The highest BCUT2D eigenvalue weighted by molar-refractivity contribution is 6.31. The van der Waals surface area contributed by atoms with Crippen molar-refractivity contribution in [2.24, 2.45) is 5.41 Å². The van der Waals surface area contributed by atoms with E-state index in [1.807, 2.05) is 18.2 Å². The summed E-state index contributed by atoms with van der Waals surface area (Å²) in [5.74, 6) is -0.0365. The second-order valence-corrected chi connectivity index (χ2v) is 11.2. The first-order valence-corrected chi connectivity index (χ1v) is 13.7. The third-order valence-corrected chi connectivity index (χ3v) is 7.67. The number of carbonyl (C=O) groups is 1. The average molecular weight is 494 g/mol. The van der Waals surface area contributed by atoms with Crippen LogP contribution in [-0.2, 0) is 12.8 Å². The molecule has 1 amide bonds. The number of hydrogen-bond acceptors (Lipinski definition) is 2. The Morgan fingerprint density at radius 2 is 1.77 bits per heavy atom. The molecule has 35 heavy (non-hydrogen) atoms. The molecule has 2 aromatic carbocycles. The Labute approximate surface area is 215 Å². The van der Waals surface area contributed by atoms with E-state index in [9.17, 15) is 4.79 Å². The van der Waals surface area contributed by atoms with E-state index in [1.165, 1.54) is 43.4 Å². The summed E-state index contributed by atoms with van der Waals surface area (Å²) in [5.41, 5.74) is 5.52. The predicted molar refractivity (Wildman–Crippen MR) is 149 cm³/mol. The number of aryl methyl sites for hydroxylation is 1. The molecular formula is C30H40ClN3O. The minimum Gasteiger partial charge on any atom is -0.372 e. The molecule has 0 bridgehead atoms. The summed E-state index contributed by atoms with van der Waals surface area (Å²) in [5, 5.41) is 4.91. The second kappa shape index (κ2) is 11.5. The van der Waals surface area contributed by atoms with Crippen LogP contribution in [0, 0.1) is 5.41 Å². The maximum atomic E-state index is 13.2. The summed E-state index contributed by atoms with van der Waals surface area (Å²) in [6.45, 7) is 9.78. The monoisotopic (exact) mass is 493 g/mol. The summed E-state index contributed by atoms with van der Waals surface area (Å²) < 4.78 is 0. The number of piperidine rings is 1. The fourth-order valence-electron chi connectivity index (χ4n) is 5.37. The number of nitrogens with one attached hydrogen (secondary N) is 2. The number of amides is 1. The summed E-state index contributed by atoms with van der Waals surface area (Å²) in [6, 6.07) is 14.7. The first kappa shape index (κ1) is 25.6. The van der Waals surface area contributed by atoms with Crippen molar-refractivity contribution < 1.29 is 4.79 Å². The van der Waals surface area contributed by atoms with Crippen LogP contribution in [0.4, 0.5) is 5.69 Å². The van der Waals surface area contributed by atoms with E-state index in [0.29, 0.717) is 17.3 Å². The minimum absolute atomic E-state index is 0.0365. The van der Waals surface area contributed by atoms with Gasteiger partial charge in [0.2, 0.25) is 0 Å². The zero-order valence-electron chi connectivity index (χ0n) is 21.6. The van der Waals surface area contributed by atoms with Crippen LogP contribution in [0.5, 0.6) is 0 Å². The molecule has 3 aromatic rings. The highest BCUT2D eigenvalue weighted by Crippen LogP contribution is 2.33. The molecule has 0 spiro atoms. The molecule has 4 rings (SSSR count). The van der Waals surface area contributed by atoms with Gasteiger partial charge in [-0.1, -0.05) is 50.9 Å². The fourth-order valence-corrected chi connectivity index (χ4v) is 5.54. The second-order valence-electron chi connectivity index (χ2n) is 10.8. The van der Waals surface area contributed by atoms with Crippen molar-refractivity contribution in [1.29, 1.82) is 0 Å². The number of fused-ring (bicyclic) bond motifs is 1. The number of halogens is 1. The summed E-state index contributed by atoms with van der Waals surface area (Å²) >= 11 is 6.31. The molecule has 4 nitrogen and oxygen atoms in total. The van der Waals surface area contributed by atoms with E-state index < -0.39 is 0 Å². The van der Waals surface area contributed by atoms with Crippen molar-refractivity contribution in [1.82, 2.24) is 10.3 Å². The highest BCUT2D eigenvalue weighted by atomic mass is 35.5. The van der Waals surface area contributed by atoms with Gasteiger partial charge in [-0.25, -0.2) is 0 Å². The molecule has 2 N–H and O–H groups in total. The van der Waals surface area contributed by atoms with Crippen molar-refractivity contribution in [2.75, 3.05) is 24.5 Å². The van der Waals surface area contributed by atoms with E-state index in [1.54, 1.807) is 0 Å². The molecule has 188 valence electrons. The van der Waals surface area contributed by atoms with E-state index in [-0.39, 0.29) is 11.3 Å². The maximum absolute atomic E-state index is 13.2. The van der Waals surface area contributed by atoms with Crippen LogP contribution >= 0.6 is 11.6 Å². The number of carbonyl (C=O) groups excluding carboxylic acids is 1. The largest absolute Gasteiger partial charge is 0.372 e. The molecule has 2 heterocycles. The van der Waals surface area contributed by atoms with E-state index in [2.05, 4.69) is 60.2 Å². The number of aromatic nitrogens is 1. The van der Waals surface area contributed by atoms with Crippen molar-refractivity contribution in [3.63, 3.8) is 0 Å². The predicted octanol–water partition coefficient (Wildman–Crippen LogP) is 7.54. The van der Waals surface area contributed by atoms with Gasteiger partial charge in [-0.2, -0.15) is 0 Å². The van der Waals surface area contributed by atoms with Crippen molar-refractivity contribution in [3.05, 3.63) is 64.3 Å². The van der Waals surface area contributed by atoms with Gasteiger partial charge in [0.1, 0.15) is 5.69 Å². The Kier molecular flexibility index (Phi) is 8.43. The Bertz CT molecular complexity index is 1130. The van der Waals surface area contributed by atoms with Gasteiger partial charge in [-0.3, -0.25) is 4.79 Å². The van der Waals surface area contributed by atoms with Gasteiger partial charge in [-0.05, 0) is 91.8 Å². The number of rotatable bonds is 10. The van der Waals surface area contributed by atoms with Crippen LogP contribution in [0.3, 0.4) is 0 Å². The van der Waals surface area contributed by atoms with Gasteiger partial charge >= 0.3 is 0 Å². The van der Waals surface area contributed by atoms with E-state index >= 15 is 0 Å². The SMILES string of the molecule is CCCC(C)(C)CCc1c(C(=O)NCCc2ccc(N3CCCCC3)cc2)[nH]c2ccc(Cl)cc12. The van der Waals surface area contributed by atoms with Gasteiger partial charge < -0.3 is 15.2 Å². The van der Waals surface area contributed by atoms with Gasteiger partial charge in [0.25, 0.3) is 5.91 Å². The van der Waals surface area contributed by atoms with Gasteiger partial charge in [0.05, 0.1) is 0 Å². The van der Waals surface area contributed by atoms with Crippen LogP contribution in [0.1, 0.15) is 80.9 Å². The lowest BCUT2D eigenvalue weighted by Crippen LogP contribution is -2.29. The molecule has 1 aromatic heterocycles. The zero-order valence-corrected chi connectivity index (χ0v) is 22.3. The van der Waals surface area contributed by atoms with Crippen LogP contribution in [-0.4, -0.2) is 30.5 Å². The molecule has 1 saturated heterocycles. The number of hydrogen-bond donors (Lipinski definition) is 2. The normalized spacial score (nSPS) is 14.5. The summed E-state index contributed by atoms with van der Waals surface area (Å²) in [7, 11) is 0. The van der Waals surface area contributed by atoms with Crippen LogP contribution in [0.15, 0.2) is 42.5 Å². The van der Waals surface area contributed by atoms with Crippen LogP contribution < -0.4 is 10.2 Å². The lowest BCUT2D eigenvalue weighted by molar-refractivity contribution is 0.0948. The lowest BCUT2D eigenvalue weighted by atomic mass is 9.82. The van der Waals surface area contributed by atoms with Gasteiger partial charge in [0, 0.05) is 41.2 Å².